The van der Waals surface area contributed by atoms with Crippen LogP contribution in [0.4, 0.5) is 0 Å². The van der Waals surface area contributed by atoms with Crippen molar-refractivity contribution in [2.24, 2.45) is 0 Å². The van der Waals surface area contributed by atoms with E-state index in [1.54, 1.807) is 0 Å². The SMILES string of the molecule is CC[C@H]1CO[C@@H](C)CN1Cc1nnsc1Cl. The molecule has 0 aromatic carbocycles. The molecule has 0 spiro atoms. The zero-order chi connectivity index (χ0) is 11.5. The lowest BCUT2D eigenvalue weighted by Crippen LogP contribution is -2.47. The molecular formula is C10H16ClN3OS. The highest BCUT2D eigenvalue weighted by Gasteiger charge is 2.26. The fraction of sp³-hybridized carbons (Fsp3) is 0.800. The fourth-order valence-electron chi connectivity index (χ4n) is 1.97. The Morgan fingerprint density at radius 1 is 1.62 bits per heavy atom. The first-order valence-electron chi connectivity index (χ1n) is 5.53. The minimum atomic E-state index is 0.285. The summed E-state index contributed by atoms with van der Waals surface area (Å²) in [6.07, 6.45) is 1.37. The Labute approximate surface area is 105 Å². The molecule has 6 heteroatoms. The van der Waals surface area contributed by atoms with Crippen LogP contribution in [0.1, 0.15) is 26.0 Å². The normalized spacial score (nSPS) is 27.2. The van der Waals surface area contributed by atoms with Gasteiger partial charge in [0.2, 0.25) is 0 Å². The second kappa shape index (κ2) is 5.40. The average molecular weight is 262 g/mol. The van der Waals surface area contributed by atoms with Crippen molar-refractivity contribution >= 4 is 23.1 Å². The third-order valence-corrected chi connectivity index (χ3v) is 3.90. The van der Waals surface area contributed by atoms with Gasteiger partial charge in [-0.15, -0.1) is 5.10 Å². The van der Waals surface area contributed by atoms with Crippen molar-refractivity contribution in [2.45, 2.75) is 39.0 Å². The first-order chi connectivity index (χ1) is 7.70. The Bertz CT molecular complexity index is 347. The zero-order valence-electron chi connectivity index (χ0n) is 9.52. The molecule has 1 aliphatic heterocycles. The highest BCUT2D eigenvalue weighted by atomic mass is 35.5. The lowest BCUT2D eigenvalue weighted by molar-refractivity contribution is -0.0595. The van der Waals surface area contributed by atoms with Gasteiger partial charge in [0.25, 0.3) is 0 Å². The highest BCUT2D eigenvalue weighted by Crippen LogP contribution is 2.22. The van der Waals surface area contributed by atoms with E-state index in [4.69, 9.17) is 16.3 Å². The molecule has 1 aliphatic rings. The van der Waals surface area contributed by atoms with Crippen molar-refractivity contribution in [3.8, 4) is 0 Å². The third kappa shape index (κ3) is 2.71. The molecule has 2 heterocycles. The van der Waals surface area contributed by atoms with Gasteiger partial charge in [-0.2, -0.15) is 0 Å². The van der Waals surface area contributed by atoms with Crippen LogP contribution in [0.3, 0.4) is 0 Å². The predicted molar refractivity (Wildman–Crippen MR) is 64.8 cm³/mol. The third-order valence-electron chi connectivity index (χ3n) is 2.91. The molecule has 4 nitrogen and oxygen atoms in total. The highest BCUT2D eigenvalue weighted by molar-refractivity contribution is 7.10. The smallest absolute Gasteiger partial charge is 0.138 e. The van der Waals surface area contributed by atoms with Gasteiger partial charge >= 0.3 is 0 Å². The Morgan fingerprint density at radius 3 is 3.06 bits per heavy atom. The molecule has 90 valence electrons. The molecule has 1 aromatic heterocycles. The first-order valence-corrected chi connectivity index (χ1v) is 6.68. The van der Waals surface area contributed by atoms with Gasteiger partial charge in [0.15, 0.2) is 0 Å². The van der Waals surface area contributed by atoms with Gasteiger partial charge in [0.05, 0.1) is 12.7 Å². The van der Waals surface area contributed by atoms with Crippen LogP contribution < -0.4 is 0 Å². The maximum atomic E-state index is 6.02. The summed E-state index contributed by atoms with van der Waals surface area (Å²) >= 11 is 7.27. The van der Waals surface area contributed by atoms with Crippen molar-refractivity contribution < 1.29 is 4.74 Å². The number of nitrogens with zero attached hydrogens (tertiary/aromatic N) is 3. The van der Waals surface area contributed by atoms with E-state index in [0.29, 0.717) is 10.4 Å². The van der Waals surface area contributed by atoms with Crippen LogP contribution in [0.5, 0.6) is 0 Å². The summed E-state index contributed by atoms with van der Waals surface area (Å²) in [7, 11) is 0. The molecule has 0 bridgehead atoms. The van der Waals surface area contributed by atoms with Crippen molar-refractivity contribution in [2.75, 3.05) is 13.2 Å². The lowest BCUT2D eigenvalue weighted by Gasteiger charge is -2.37. The van der Waals surface area contributed by atoms with Gasteiger partial charge in [0, 0.05) is 30.7 Å². The maximum Gasteiger partial charge on any atom is 0.138 e. The van der Waals surface area contributed by atoms with Crippen LogP contribution in [0.2, 0.25) is 4.34 Å². The van der Waals surface area contributed by atoms with E-state index < -0.39 is 0 Å². The van der Waals surface area contributed by atoms with Crippen molar-refractivity contribution in [3.05, 3.63) is 10.0 Å². The summed E-state index contributed by atoms with van der Waals surface area (Å²) in [5.74, 6) is 0. The van der Waals surface area contributed by atoms with E-state index in [-0.39, 0.29) is 6.10 Å². The topological polar surface area (TPSA) is 38.2 Å². The van der Waals surface area contributed by atoms with E-state index >= 15 is 0 Å². The second-order valence-electron chi connectivity index (χ2n) is 4.13. The van der Waals surface area contributed by atoms with E-state index in [9.17, 15) is 0 Å². The number of halogens is 1. The van der Waals surface area contributed by atoms with E-state index in [0.717, 1.165) is 31.8 Å². The van der Waals surface area contributed by atoms with Crippen LogP contribution in [-0.2, 0) is 11.3 Å². The minimum absolute atomic E-state index is 0.285. The van der Waals surface area contributed by atoms with Gasteiger partial charge < -0.3 is 4.74 Å². The summed E-state index contributed by atoms with van der Waals surface area (Å²) in [5.41, 5.74) is 0.888. The molecule has 2 rings (SSSR count). The lowest BCUT2D eigenvalue weighted by atomic mass is 10.1. The van der Waals surface area contributed by atoms with Gasteiger partial charge in [-0.1, -0.05) is 23.0 Å². The average Bonchev–Trinajstić information content (AvgIpc) is 2.65. The standard InChI is InChI=1S/C10H16ClN3OS/c1-3-8-6-15-7(2)4-14(8)5-9-10(11)16-13-12-9/h7-8H,3-6H2,1-2H3/t7-,8-/m0/s1. The molecule has 1 aromatic rings. The van der Waals surface area contributed by atoms with E-state index in [1.165, 1.54) is 11.5 Å². The monoisotopic (exact) mass is 261 g/mol. The van der Waals surface area contributed by atoms with E-state index in [1.807, 2.05) is 0 Å². The van der Waals surface area contributed by atoms with Gasteiger partial charge in [-0.25, -0.2) is 0 Å². The largest absolute Gasteiger partial charge is 0.376 e. The van der Waals surface area contributed by atoms with Crippen LogP contribution in [0.25, 0.3) is 0 Å². The number of aromatic nitrogens is 2. The summed E-state index contributed by atoms with van der Waals surface area (Å²) in [6.45, 7) is 6.79. The van der Waals surface area contributed by atoms with Crippen LogP contribution in [0.15, 0.2) is 0 Å². The first kappa shape index (κ1) is 12.2. The Kier molecular flexibility index (Phi) is 4.13. The van der Waals surface area contributed by atoms with Gasteiger partial charge in [-0.05, 0) is 13.3 Å². The molecule has 0 unspecified atom stereocenters. The van der Waals surface area contributed by atoms with Gasteiger partial charge in [0.1, 0.15) is 10.0 Å². The van der Waals surface area contributed by atoms with Crippen molar-refractivity contribution in [1.82, 2.24) is 14.5 Å². The molecule has 0 aliphatic carbocycles. The Morgan fingerprint density at radius 2 is 2.44 bits per heavy atom. The van der Waals surface area contributed by atoms with Crippen molar-refractivity contribution in [3.63, 3.8) is 0 Å². The van der Waals surface area contributed by atoms with Crippen LogP contribution in [0, 0.1) is 0 Å². The number of rotatable bonds is 3. The molecule has 1 saturated heterocycles. The number of ether oxygens (including phenoxy) is 1. The Balaban J connectivity index is 2.03. The molecular weight excluding hydrogens is 246 g/mol. The molecule has 0 amide bonds. The molecule has 16 heavy (non-hydrogen) atoms. The Hall–Kier alpha value is -0.230. The summed E-state index contributed by atoms with van der Waals surface area (Å²) < 4.78 is 10.2. The van der Waals surface area contributed by atoms with E-state index in [2.05, 4.69) is 28.3 Å². The molecule has 0 saturated carbocycles. The van der Waals surface area contributed by atoms with Gasteiger partial charge in [-0.3, -0.25) is 4.90 Å². The maximum absolute atomic E-state index is 6.02. The van der Waals surface area contributed by atoms with Crippen molar-refractivity contribution in [1.29, 1.82) is 0 Å². The quantitative estimate of drug-likeness (QED) is 0.836. The predicted octanol–water partition coefficient (Wildman–Crippen LogP) is 2.19. The number of morpholine rings is 1. The summed E-state index contributed by atoms with van der Waals surface area (Å²) in [4.78, 5) is 2.39. The molecule has 0 radical (unpaired) electrons. The molecule has 2 atom stereocenters. The zero-order valence-corrected chi connectivity index (χ0v) is 11.1. The van der Waals surface area contributed by atoms with Crippen LogP contribution in [-0.4, -0.2) is 39.8 Å². The molecule has 0 N–H and O–H groups in total. The minimum Gasteiger partial charge on any atom is -0.376 e. The summed E-state index contributed by atoms with van der Waals surface area (Å²) in [6, 6.07) is 0.467. The second-order valence-corrected chi connectivity index (χ2v) is 5.48. The molecule has 1 fully saturated rings. The summed E-state index contributed by atoms with van der Waals surface area (Å²) in [5, 5.41) is 4.06. The van der Waals surface area contributed by atoms with Crippen LogP contribution >= 0.6 is 23.1 Å². The number of hydrogen-bond donors (Lipinski definition) is 0. The number of hydrogen-bond acceptors (Lipinski definition) is 5. The fourth-order valence-corrected chi connectivity index (χ4v) is 2.58.